The van der Waals surface area contributed by atoms with Crippen LogP contribution in [0.15, 0.2) is 53.4 Å². The summed E-state index contributed by atoms with van der Waals surface area (Å²) in [5, 5.41) is 0. The van der Waals surface area contributed by atoms with E-state index in [1.807, 2.05) is 38.1 Å². The first-order valence-electron chi connectivity index (χ1n) is 14.5. The molecule has 226 valence electrons. The second-order valence-corrected chi connectivity index (χ2v) is 14.0. The summed E-state index contributed by atoms with van der Waals surface area (Å²) in [4.78, 5) is 33.9. The standard InChI is InChI=1S/C32H36N4O6S/c1-20-6-4-7-21(2)28(20)25-15-26(31(10-11-31)12-13-33)35-30(34-25)36(19-41-3)43(39,40)24-9-5-8-22(14-24)29(38)42-27-18-32(27)16-23(37)17-32/h4-9,14-15,27H,10-13,16-19,33H2,1-3H3. The fourth-order valence-electron chi connectivity index (χ4n) is 6.27. The average molecular weight is 605 g/mol. The molecule has 1 atom stereocenters. The van der Waals surface area contributed by atoms with Crippen molar-refractivity contribution in [2.45, 2.75) is 68.8 Å². The van der Waals surface area contributed by atoms with Crippen molar-refractivity contribution in [2.75, 3.05) is 24.7 Å². The van der Waals surface area contributed by atoms with Crippen molar-refractivity contribution in [3.05, 3.63) is 70.9 Å². The van der Waals surface area contributed by atoms with Crippen LogP contribution in [0.3, 0.4) is 0 Å². The molecule has 1 spiro atoms. The average Bonchev–Trinajstić information content (AvgIpc) is 3.88. The summed E-state index contributed by atoms with van der Waals surface area (Å²) in [6.45, 7) is 4.14. The smallest absolute Gasteiger partial charge is 0.338 e. The van der Waals surface area contributed by atoms with Crippen LogP contribution in [0, 0.1) is 19.3 Å². The van der Waals surface area contributed by atoms with E-state index in [1.54, 1.807) is 0 Å². The molecule has 3 aliphatic rings. The van der Waals surface area contributed by atoms with E-state index in [1.165, 1.54) is 31.4 Å². The fourth-order valence-corrected chi connectivity index (χ4v) is 7.59. The van der Waals surface area contributed by atoms with Gasteiger partial charge in [0, 0.05) is 36.3 Å². The number of nitrogens with zero attached hydrogens (tertiary/aromatic N) is 3. The van der Waals surface area contributed by atoms with Crippen molar-refractivity contribution < 1.29 is 27.5 Å². The van der Waals surface area contributed by atoms with Crippen LogP contribution < -0.4 is 10.0 Å². The second kappa shape index (κ2) is 10.8. The van der Waals surface area contributed by atoms with Gasteiger partial charge in [0.2, 0.25) is 5.95 Å². The van der Waals surface area contributed by atoms with Crippen LogP contribution in [0.1, 0.15) is 65.7 Å². The van der Waals surface area contributed by atoms with Gasteiger partial charge < -0.3 is 15.2 Å². The lowest BCUT2D eigenvalue weighted by atomic mass is 9.80. The Morgan fingerprint density at radius 3 is 2.40 bits per heavy atom. The van der Waals surface area contributed by atoms with Crippen molar-refractivity contribution in [2.24, 2.45) is 11.1 Å². The number of methoxy groups -OCH3 is 1. The van der Waals surface area contributed by atoms with Crippen LogP contribution in [0.25, 0.3) is 11.3 Å². The highest BCUT2D eigenvalue weighted by atomic mass is 32.2. The number of carbonyl (C=O) groups excluding carboxylic acids is 2. The van der Waals surface area contributed by atoms with Crippen LogP contribution in [-0.2, 0) is 29.7 Å². The van der Waals surface area contributed by atoms with Gasteiger partial charge in [0.1, 0.15) is 18.6 Å². The molecule has 0 aliphatic heterocycles. The Bertz CT molecular complexity index is 1690. The second-order valence-electron chi connectivity index (χ2n) is 12.2. The number of esters is 1. The van der Waals surface area contributed by atoms with Gasteiger partial charge in [0.15, 0.2) is 0 Å². The molecule has 1 aromatic heterocycles. The highest BCUT2D eigenvalue weighted by molar-refractivity contribution is 7.92. The molecule has 3 aromatic rings. The molecule has 0 bridgehead atoms. The first-order valence-corrected chi connectivity index (χ1v) is 16.0. The normalized spacial score (nSPS) is 19.5. The predicted octanol–water partition coefficient (Wildman–Crippen LogP) is 4.22. The number of rotatable bonds is 11. The van der Waals surface area contributed by atoms with Gasteiger partial charge in [-0.1, -0.05) is 24.3 Å². The lowest BCUT2D eigenvalue weighted by molar-refractivity contribution is -0.129. The lowest BCUT2D eigenvalue weighted by Gasteiger charge is -2.25. The van der Waals surface area contributed by atoms with Crippen molar-refractivity contribution in [3.8, 4) is 11.3 Å². The van der Waals surface area contributed by atoms with Gasteiger partial charge in [0.05, 0.1) is 21.8 Å². The van der Waals surface area contributed by atoms with Crippen LogP contribution in [-0.4, -0.2) is 56.6 Å². The third-order valence-electron chi connectivity index (χ3n) is 9.06. The van der Waals surface area contributed by atoms with Crippen molar-refractivity contribution in [1.82, 2.24) is 9.97 Å². The third-order valence-corrected chi connectivity index (χ3v) is 10.8. The summed E-state index contributed by atoms with van der Waals surface area (Å²) in [7, 11) is -2.87. The number of hydrogen-bond acceptors (Lipinski definition) is 9. The highest BCUT2D eigenvalue weighted by Gasteiger charge is 2.64. The number of Topliss-reactive ketones (excluding diaryl/α,β-unsaturated/α-hetero) is 1. The molecule has 3 aliphatic carbocycles. The zero-order valence-electron chi connectivity index (χ0n) is 24.6. The summed E-state index contributed by atoms with van der Waals surface area (Å²) >= 11 is 0. The molecular weight excluding hydrogens is 568 g/mol. The van der Waals surface area contributed by atoms with Gasteiger partial charge in [-0.2, -0.15) is 0 Å². The van der Waals surface area contributed by atoms with Gasteiger partial charge >= 0.3 is 5.97 Å². The van der Waals surface area contributed by atoms with Gasteiger partial charge in [-0.15, -0.1) is 0 Å². The van der Waals surface area contributed by atoms with Crippen molar-refractivity contribution in [3.63, 3.8) is 0 Å². The van der Waals surface area contributed by atoms with Crippen molar-refractivity contribution >= 4 is 27.7 Å². The van der Waals surface area contributed by atoms with Gasteiger partial charge in [0.25, 0.3) is 10.0 Å². The number of benzene rings is 2. The maximum atomic E-state index is 14.2. The molecule has 1 heterocycles. The van der Waals surface area contributed by atoms with E-state index in [4.69, 9.17) is 25.2 Å². The molecule has 3 fully saturated rings. The summed E-state index contributed by atoms with van der Waals surface area (Å²) < 4.78 is 40.4. The number of nitrogens with two attached hydrogens (primary N) is 1. The van der Waals surface area contributed by atoms with E-state index in [2.05, 4.69) is 0 Å². The SMILES string of the molecule is COCN(c1nc(-c2c(C)cccc2C)cc(C2(CCN)CC2)n1)S(=O)(=O)c1cccc(C(=O)OC2CC23CC(=O)C3)c1. The lowest BCUT2D eigenvalue weighted by Crippen LogP contribution is -2.35. The van der Waals surface area contributed by atoms with E-state index in [-0.39, 0.29) is 45.9 Å². The first kappa shape index (κ1) is 29.4. The number of anilines is 1. The van der Waals surface area contributed by atoms with Crippen LogP contribution in [0.4, 0.5) is 5.95 Å². The molecular formula is C32H36N4O6S. The van der Waals surface area contributed by atoms with E-state index in [9.17, 15) is 18.0 Å². The zero-order valence-corrected chi connectivity index (χ0v) is 25.4. The van der Waals surface area contributed by atoms with Gasteiger partial charge in [-0.05, 0) is 81.5 Å². The summed E-state index contributed by atoms with van der Waals surface area (Å²) in [5.74, 6) is -0.458. The number of hydrogen-bond donors (Lipinski definition) is 1. The Labute approximate surface area is 251 Å². The van der Waals surface area contributed by atoms with E-state index < -0.39 is 16.0 Å². The van der Waals surface area contributed by atoms with Crippen molar-refractivity contribution in [1.29, 1.82) is 0 Å². The predicted molar refractivity (Wildman–Crippen MR) is 160 cm³/mol. The number of ether oxygens (including phenoxy) is 2. The number of aromatic nitrogens is 2. The third kappa shape index (κ3) is 5.34. The maximum Gasteiger partial charge on any atom is 0.338 e. The Balaban J connectivity index is 1.37. The molecule has 1 unspecified atom stereocenters. The van der Waals surface area contributed by atoms with Crippen LogP contribution in [0.5, 0.6) is 0 Å². The van der Waals surface area contributed by atoms with Gasteiger partial charge in [-0.3, -0.25) is 4.79 Å². The molecule has 3 saturated carbocycles. The van der Waals surface area contributed by atoms with E-state index in [0.717, 1.165) is 46.0 Å². The minimum absolute atomic E-state index is 0.0112. The fraction of sp³-hybridized carbons (Fsp3) is 0.438. The molecule has 2 aromatic carbocycles. The molecule has 10 nitrogen and oxygen atoms in total. The minimum Gasteiger partial charge on any atom is -0.458 e. The van der Waals surface area contributed by atoms with Gasteiger partial charge in [-0.25, -0.2) is 27.5 Å². The quantitative estimate of drug-likeness (QED) is 0.251. The number of carbonyl (C=O) groups is 2. The van der Waals surface area contributed by atoms with Crippen LogP contribution in [0.2, 0.25) is 0 Å². The Hall–Kier alpha value is -3.67. The van der Waals surface area contributed by atoms with E-state index >= 15 is 0 Å². The summed E-state index contributed by atoms with van der Waals surface area (Å²) in [6, 6.07) is 13.7. The summed E-state index contributed by atoms with van der Waals surface area (Å²) in [6.07, 6.45) is 3.75. The number of ketones is 1. The molecule has 6 rings (SSSR count). The first-order chi connectivity index (χ1) is 20.5. The zero-order chi connectivity index (χ0) is 30.6. The monoisotopic (exact) mass is 604 g/mol. The number of sulfonamides is 1. The minimum atomic E-state index is -4.28. The Morgan fingerprint density at radius 2 is 1.77 bits per heavy atom. The Morgan fingerprint density at radius 1 is 1.07 bits per heavy atom. The number of aryl methyl sites for hydroxylation is 2. The topological polar surface area (TPSA) is 142 Å². The molecule has 0 radical (unpaired) electrons. The maximum absolute atomic E-state index is 14.2. The largest absolute Gasteiger partial charge is 0.458 e. The summed E-state index contributed by atoms with van der Waals surface area (Å²) in [5.41, 5.74) is 9.94. The molecule has 11 heteroatoms. The highest BCUT2D eigenvalue weighted by Crippen LogP contribution is 2.60. The molecule has 0 amide bonds. The molecule has 2 N–H and O–H groups in total. The van der Waals surface area contributed by atoms with Crippen LogP contribution >= 0.6 is 0 Å². The molecule has 0 saturated heterocycles. The molecule has 43 heavy (non-hydrogen) atoms. The Kier molecular flexibility index (Phi) is 7.38. The van der Waals surface area contributed by atoms with E-state index in [0.29, 0.717) is 31.5 Å².